The summed E-state index contributed by atoms with van der Waals surface area (Å²) in [6.07, 6.45) is 1.11. The minimum absolute atomic E-state index is 0.292. The third-order valence-electron chi connectivity index (χ3n) is 5.24. The first-order valence-corrected chi connectivity index (χ1v) is 8.72. The summed E-state index contributed by atoms with van der Waals surface area (Å²) in [5, 5.41) is 3.70. The van der Waals surface area contributed by atoms with Gasteiger partial charge in [0.1, 0.15) is 0 Å². The van der Waals surface area contributed by atoms with Crippen molar-refractivity contribution in [3.8, 4) is 11.1 Å². The van der Waals surface area contributed by atoms with Crippen molar-refractivity contribution in [2.45, 2.75) is 26.3 Å². The molecule has 0 amide bonds. The highest BCUT2D eigenvalue weighted by molar-refractivity contribution is 5.69. The van der Waals surface area contributed by atoms with E-state index in [9.17, 15) is 0 Å². The third kappa shape index (κ3) is 2.65. The van der Waals surface area contributed by atoms with Gasteiger partial charge in [-0.2, -0.15) is 0 Å². The fraction of sp³-hybridized carbons (Fsp3) is 0.217. The molecule has 0 radical (unpaired) electrons. The first-order valence-electron chi connectivity index (χ1n) is 8.72. The second kappa shape index (κ2) is 6.26. The summed E-state index contributed by atoms with van der Waals surface area (Å²) in [7, 11) is 0. The zero-order chi connectivity index (χ0) is 16.5. The molecular formula is C23H23N. The minimum Gasteiger partial charge on any atom is -0.306 e. The number of hydrogen-bond donors (Lipinski definition) is 1. The van der Waals surface area contributed by atoms with Gasteiger partial charge in [-0.1, -0.05) is 60.7 Å². The molecule has 1 N–H and O–H groups in total. The number of fused-ring (bicyclic) bond motifs is 1. The Bertz CT molecular complexity index is 879. The molecule has 0 aromatic heterocycles. The molecule has 0 spiro atoms. The maximum absolute atomic E-state index is 3.70. The van der Waals surface area contributed by atoms with Crippen molar-refractivity contribution in [2.75, 3.05) is 6.54 Å². The van der Waals surface area contributed by atoms with E-state index in [1.165, 1.54) is 38.9 Å². The van der Waals surface area contributed by atoms with Crippen molar-refractivity contribution in [3.05, 3.63) is 94.5 Å². The van der Waals surface area contributed by atoms with Crippen LogP contribution in [-0.2, 0) is 6.42 Å². The smallest absolute Gasteiger partial charge is 0.0579 e. The van der Waals surface area contributed by atoms with Crippen LogP contribution in [0.15, 0.2) is 66.7 Å². The normalized spacial score (nSPS) is 16.7. The molecule has 0 saturated carbocycles. The molecule has 1 unspecified atom stereocenters. The van der Waals surface area contributed by atoms with Gasteiger partial charge in [0.25, 0.3) is 0 Å². The van der Waals surface area contributed by atoms with Crippen LogP contribution in [0.2, 0.25) is 0 Å². The van der Waals surface area contributed by atoms with Crippen LogP contribution in [0.1, 0.15) is 33.9 Å². The predicted octanol–water partition coefficient (Wildman–Crippen LogP) is 5.21. The third-order valence-corrected chi connectivity index (χ3v) is 5.24. The number of benzene rings is 3. The predicted molar refractivity (Wildman–Crippen MR) is 101 cm³/mol. The monoisotopic (exact) mass is 313 g/mol. The molecule has 1 aliphatic heterocycles. The van der Waals surface area contributed by atoms with E-state index in [-0.39, 0.29) is 0 Å². The van der Waals surface area contributed by atoms with Crippen molar-refractivity contribution in [1.29, 1.82) is 0 Å². The number of rotatable bonds is 2. The van der Waals surface area contributed by atoms with Gasteiger partial charge in [-0.05, 0) is 65.3 Å². The highest BCUT2D eigenvalue weighted by Crippen LogP contribution is 2.32. The van der Waals surface area contributed by atoms with E-state index >= 15 is 0 Å². The topological polar surface area (TPSA) is 12.0 Å². The van der Waals surface area contributed by atoms with Gasteiger partial charge in [-0.25, -0.2) is 0 Å². The molecule has 1 nitrogen and oxygen atoms in total. The molecular weight excluding hydrogens is 290 g/mol. The second-order valence-electron chi connectivity index (χ2n) is 6.71. The molecule has 4 rings (SSSR count). The van der Waals surface area contributed by atoms with Crippen LogP contribution in [0.25, 0.3) is 11.1 Å². The summed E-state index contributed by atoms with van der Waals surface area (Å²) >= 11 is 0. The van der Waals surface area contributed by atoms with E-state index in [0.717, 1.165) is 13.0 Å². The maximum atomic E-state index is 3.70. The zero-order valence-corrected chi connectivity index (χ0v) is 14.3. The highest BCUT2D eigenvalue weighted by atomic mass is 14.9. The SMILES string of the molecule is Cc1cccc(-c2cccc(C3NCCc4ccccc43)c2)c1C. The first kappa shape index (κ1) is 15.2. The number of nitrogens with one attached hydrogen (secondary N) is 1. The molecule has 3 aromatic rings. The largest absolute Gasteiger partial charge is 0.306 e. The molecule has 1 atom stereocenters. The molecule has 0 saturated heterocycles. The molecule has 0 bridgehead atoms. The Hall–Kier alpha value is -2.38. The molecule has 0 fully saturated rings. The number of hydrogen-bond acceptors (Lipinski definition) is 1. The van der Waals surface area contributed by atoms with Crippen LogP contribution in [0.5, 0.6) is 0 Å². The van der Waals surface area contributed by atoms with Gasteiger partial charge in [-0.3, -0.25) is 0 Å². The van der Waals surface area contributed by atoms with Crippen LogP contribution in [-0.4, -0.2) is 6.54 Å². The van der Waals surface area contributed by atoms with E-state index in [1.54, 1.807) is 0 Å². The fourth-order valence-electron chi connectivity index (χ4n) is 3.75. The molecule has 120 valence electrons. The highest BCUT2D eigenvalue weighted by Gasteiger charge is 2.21. The van der Waals surface area contributed by atoms with Crippen LogP contribution in [0, 0.1) is 13.8 Å². The summed E-state index contributed by atoms with van der Waals surface area (Å²) in [5.74, 6) is 0. The van der Waals surface area contributed by atoms with E-state index in [2.05, 4.69) is 85.9 Å². The van der Waals surface area contributed by atoms with Crippen LogP contribution < -0.4 is 5.32 Å². The van der Waals surface area contributed by atoms with E-state index < -0.39 is 0 Å². The summed E-state index contributed by atoms with van der Waals surface area (Å²) in [6, 6.07) is 24.7. The molecule has 0 aliphatic carbocycles. The van der Waals surface area contributed by atoms with Crippen molar-refractivity contribution < 1.29 is 0 Å². The Morgan fingerprint density at radius 2 is 1.71 bits per heavy atom. The molecule has 1 heteroatoms. The Labute approximate surface area is 144 Å². The Morgan fingerprint density at radius 1 is 0.875 bits per heavy atom. The van der Waals surface area contributed by atoms with Gasteiger partial charge in [0, 0.05) is 6.54 Å². The van der Waals surface area contributed by atoms with Crippen molar-refractivity contribution in [3.63, 3.8) is 0 Å². The van der Waals surface area contributed by atoms with Crippen LogP contribution in [0.3, 0.4) is 0 Å². The number of aryl methyl sites for hydroxylation is 1. The summed E-state index contributed by atoms with van der Waals surface area (Å²) in [4.78, 5) is 0. The molecule has 1 heterocycles. The molecule has 3 aromatic carbocycles. The second-order valence-corrected chi connectivity index (χ2v) is 6.71. The van der Waals surface area contributed by atoms with E-state index in [1.807, 2.05) is 0 Å². The van der Waals surface area contributed by atoms with Crippen LogP contribution in [0.4, 0.5) is 0 Å². The Balaban J connectivity index is 1.78. The lowest BCUT2D eigenvalue weighted by Gasteiger charge is -2.27. The van der Waals surface area contributed by atoms with Gasteiger partial charge in [0.15, 0.2) is 0 Å². The summed E-state index contributed by atoms with van der Waals surface area (Å²) < 4.78 is 0. The minimum atomic E-state index is 0.292. The maximum Gasteiger partial charge on any atom is 0.0579 e. The summed E-state index contributed by atoms with van der Waals surface area (Å²) in [5.41, 5.74) is 9.59. The Kier molecular flexibility index (Phi) is 3.95. The lowest BCUT2D eigenvalue weighted by molar-refractivity contribution is 0.568. The molecule has 24 heavy (non-hydrogen) atoms. The van der Waals surface area contributed by atoms with E-state index in [4.69, 9.17) is 0 Å². The van der Waals surface area contributed by atoms with Crippen molar-refractivity contribution in [2.24, 2.45) is 0 Å². The van der Waals surface area contributed by atoms with Crippen molar-refractivity contribution >= 4 is 0 Å². The summed E-state index contributed by atoms with van der Waals surface area (Å²) in [6.45, 7) is 5.43. The van der Waals surface area contributed by atoms with Gasteiger partial charge in [-0.15, -0.1) is 0 Å². The zero-order valence-electron chi connectivity index (χ0n) is 14.3. The average molecular weight is 313 g/mol. The van der Waals surface area contributed by atoms with Crippen molar-refractivity contribution in [1.82, 2.24) is 5.32 Å². The van der Waals surface area contributed by atoms with Gasteiger partial charge in [0.2, 0.25) is 0 Å². The quantitative estimate of drug-likeness (QED) is 0.685. The first-order chi connectivity index (χ1) is 11.7. The van der Waals surface area contributed by atoms with Gasteiger partial charge in [0.05, 0.1) is 6.04 Å². The lowest BCUT2D eigenvalue weighted by atomic mass is 9.88. The van der Waals surface area contributed by atoms with Crippen LogP contribution >= 0.6 is 0 Å². The van der Waals surface area contributed by atoms with E-state index in [0.29, 0.717) is 6.04 Å². The van der Waals surface area contributed by atoms with Gasteiger partial charge >= 0.3 is 0 Å². The van der Waals surface area contributed by atoms with Gasteiger partial charge < -0.3 is 5.32 Å². The molecule has 1 aliphatic rings. The fourth-order valence-corrected chi connectivity index (χ4v) is 3.75. The Morgan fingerprint density at radius 3 is 2.62 bits per heavy atom. The average Bonchev–Trinajstić information content (AvgIpc) is 2.63. The standard InChI is InChI=1S/C23H23N/c1-16-7-5-12-21(17(16)2)19-9-6-10-20(15-19)23-22-11-4-3-8-18(22)13-14-24-23/h3-12,15,23-24H,13-14H2,1-2H3. The lowest BCUT2D eigenvalue weighted by Crippen LogP contribution is -2.30.